The van der Waals surface area contributed by atoms with E-state index in [9.17, 15) is 47.0 Å². The summed E-state index contributed by atoms with van der Waals surface area (Å²) < 4.78 is 56.6. The molecule has 11 nitrogen and oxygen atoms in total. The van der Waals surface area contributed by atoms with Crippen LogP contribution in [-0.4, -0.2) is 56.4 Å². The molecule has 1 heterocycles. The number of phenols is 2. The summed E-state index contributed by atoms with van der Waals surface area (Å²) in [6.45, 7) is 7.03. The molecule has 15 heteroatoms. The van der Waals surface area contributed by atoms with E-state index in [2.05, 4.69) is 26.3 Å². The molecule has 7 N–H and O–H groups in total. The lowest BCUT2D eigenvalue weighted by molar-refractivity contribution is -0.138. The number of nitrogens with one attached hydrogen (secondary N) is 5. The zero-order chi connectivity index (χ0) is 40.2. The summed E-state index contributed by atoms with van der Waals surface area (Å²) in [6, 6.07) is 10.6. The van der Waals surface area contributed by atoms with Gasteiger partial charge in [0.25, 0.3) is 0 Å². The highest BCUT2D eigenvalue weighted by Crippen LogP contribution is 2.40. The number of amides is 4. The Morgan fingerprint density at radius 1 is 0.891 bits per heavy atom. The molecule has 0 bridgehead atoms. The number of carbonyl (C=O) groups excluding carboxylic acids is 4. The van der Waals surface area contributed by atoms with Gasteiger partial charge < -0.3 is 36.5 Å². The van der Waals surface area contributed by atoms with Gasteiger partial charge in [-0.05, 0) is 60.1 Å². The molecule has 1 aliphatic rings. The number of aromatic nitrogens is 1. The van der Waals surface area contributed by atoms with Crippen LogP contribution in [0.25, 0.3) is 10.9 Å². The second-order valence-corrected chi connectivity index (χ2v) is 14.3. The summed E-state index contributed by atoms with van der Waals surface area (Å²) >= 11 is 0. The first-order valence-corrected chi connectivity index (χ1v) is 18.2. The molecule has 0 aliphatic heterocycles. The number of phenolic OH excluding ortho intramolecular Hbond substituents is 2. The number of hydrogen-bond donors (Lipinski definition) is 7. The molecule has 4 amide bonds. The van der Waals surface area contributed by atoms with Crippen molar-refractivity contribution in [3.63, 3.8) is 0 Å². The van der Waals surface area contributed by atoms with Crippen molar-refractivity contribution in [1.82, 2.24) is 20.9 Å². The molecule has 1 aliphatic carbocycles. The van der Waals surface area contributed by atoms with E-state index in [1.165, 1.54) is 42.5 Å². The minimum Gasteiger partial charge on any atom is -0.508 e. The standard InChI is InChI=1S/C40H45F4N5O6/c1-5-21(3)33(36(53)46-30-15-14-24(50)19-31(30)51)48-38(55)39(17-16-29-26(20-39)25-11-9-12-27(35(25)45-29)40(42,43)44)49-37(54)34(22(4)6-2)47-32(52)18-23-10-7-8-13-28(23)41/h7-15,19,21-22,33-34,45,50-51H,5-6,16-18,20H2,1-4H3,(H,46,53)(H,47,52)(H,48,55)(H,49,54)/t21?,22?,33-,34-,39+/m0/s1. The van der Waals surface area contributed by atoms with Crippen LogP contribution in [0.3, 0.4) is 0 Å². The van der Waals surface area contributed by atoms with Gasteiger partial charge in [0.1, 0.15) is 34.9 Å². The van der Waals surface area contributed by atoms with Crippen molar-refractivity contribution in [3.05, 3.63) is 88.9 Å². The summed E-state index contributed by atoms with van der Waals surface area (Å²) in [5.41, 5.74) is -1.94. The minimum absolute atomic E-state index is 0.0301. The van der Waals surface area contributed by atoms with Gasteiger partial charge in [-0.15, -0.1) is 0 Å². The maximum Gasteiger partial charge on any atom is 0.418 e. The van der Waals surface area contributed by atoms with E-state index < -0.39 is 76.4 Å². The van der Waals surface area contributed by atoms with Crippen LogP contribution in [0.5, 0.6) is 11.5 Å². The average molecular weight is 768 g/mol. The molecule has 5 rings (SSSR count). The van der Waals surface area contributed by atoms with Gasteiger partial charge in [0.2, 0.25) is 23.6 Å². The average Bonchev–Trinajstić information content (AvgIpc) is 3.51. The fourth-order valence-corrected chi connectivity index (χ4v) is 6.94. The fraction of sp³-hybridized carbons (Fsp3) is 0.400. The van der Waals surface area contributed by atoms with E-state index >= 15 is 0 Å². The van der Waals surface area contributed by atoms with Crippen LogP contribution in [0.2, 0.25) is 0 Å². The van der Waals surface area contributed by atoms with Crippen molar-refractivity contribution in [1.29, 1.82) is 0 Å². The predicted molar refractivity (Wildman–Crippen MR) is 197 cm³/mol. The third-order valence-corrected chi connectivity index (χ3v) is 10.6. The predicted octanol–water partition coefficient (Wildman–Crippen LogP) is 6.02. The van der Waals surface area contributed by atoms with E-state index in [0.29, 0.717) is 24.1 Å². The number of halogens is 4. The molecular weight excluding hydrogens is 722 g/mol. The smallest absolute Gasteiger partial charge is 0.418 e. The first kappa shape index (κ1) is 40.6. The summed E-state index contributed by atoms with van der Waals surface area (Å²) in [5, 5.41) is 31.1. The number of aryl methyl sites for hydroxylation is 1. The third-order valence-electron chi connectivity index (χ3n) is 10.6. The normalized spacial score (nSPS) is 17.7. The van der Waals surface area contributed by atoms with Crippen LogP contribution >= 0.6 is 0 Å². The van der Waals surface area contributed by atoms with Crippen molar-refractivity contribution in [2.45, 2.75) is 90.0 Å². The molecule has 0 radical (unpaired) electrons. The Kier molecular flexibility index (Phi) is 12.1. The molecule has 0 spiro atoms. The van der Waals surface area contributed by atoms with Crippen molar-refractivity contribution >= 4 is 40.2 Å². The second kappa shape index (κ2) is 16.4. The van der Waals surface area contributed by atoms with Crippen LogP contribution < -0.4 is 21.3 Å². The van der Waals surface area contributed by atoms with E-state index in [-0.39, 0.29) is 53.6 Å². The topological polar surface area (TPSA) is 173 Å². The number of H-pyrrole nitrogens is 1. The maximum atomic E-state index is 14.7. The zero-order valence-corrected chi connectivity index (χ0v) is 30.9. The Morgan fingerprint density at radius 3 is 2.20 bits per heavy atom. The zero-order valence-electron chi connectivity index (χ0n) is 30.9. The van der Waals surface area contributed by atoms with Gasteiger partial charge in [0, 0.05) is 23.6 Å². The van der Waals surface area contributed by atoms with E-state index in [4.69, 9.17) is 0 Å². The molecule has 2 unspecified atom stereocenters. The lowest BCUT2D eigenvalue weighted by Gasteiger charge is -2.39. The van der Waals surface area contributed by atoms with Gasteiger partial charge in [0.05, 0.1) is 23.2 Å². The Labute approximate surface area is 315 Å². The maximum absolute atomic E-state index is 14.7. The van der Waals surface area contributed by atoms with Gasteiger partial charge in [-0.1, -0.05) is 70.9 Å². The number of aromatic hydroxyl groups is 2. The summed E-state index contributed by atoms with van der Waals surface area (Å²) in [6.07, 6.45) is -4.50. The van der Waals surface area contributed by atoms with Gasteiger partial charge in [-0.2, -0.15) is 13.2 Å². The van der Waals surface area contributed by atoms with Gasteiger partial charge >= 0.3 is 6.18 Å². The number of alkyl halides is 3. The molecule has 55 heavy (non-hydrogen) atoms. The SMILES string of the molecule is CCC(C)[C@H](NC(=O)Cc1ccccc1F)C(=O)N[C@]1(C(=O)N[C@H](C(=O)Nc2ccc(O)cc2O)C(C)CC)CCc2[nH]c3c(C(F)(F)F)cccc3c2C1. The molecule has 3 aromatic carbocycles. The first-order valence-electron chi connectivity index (χ1n) is 18.2. The minimum atomic E-state index is -4.68. The van der Waals surface area contributed by atoms with Gasteiger partial charge in [0.15, 0.2) is 0 Å². The van der Waals surface area contributed by atoms with Crippen LogP contribution in [0.1, 0.15) is 69.3 Å². The van der Waals surface area contributed by atoms with Crippen LogP contribution in [0, 0.1) is 17.7 Å². The summed E-state index contributed by atoms with van der Waals surface area (Å²) in [4.78, 5) is 58.8. The second-order valence-electron chi connectivity index (χ2n) is 14.3. The van der Waals surface area contributed by atoms with Crippen LogP contribution in [0.15, 0.2) is 60.7 Å². The number of fused-ring (bicyclic) bond motifs is 3. The molecule has 294 valence electrons. The van der Waals surface area contributed by atoms with Crippen molar-refractivity contribution < 1.29 is 47.0 Å². The molecule has 0 saturated carbocycles. The van der Waals surface area contributed by atoms with E-state index in [0.717, 1.165) is 12.1 Å². The van der Waals surface area contributed by atoms with Crippen molar-refractivity contribution in [2.24, 2.45) is 11.8 Å². The summed E-state index contributed by atoms with van der Waals surface area (Å²) in [7, 11) is 0. The highest BCUT2D eigenvalue weighted by molar-refractivity contribution is 6.02. The number of para-hydroxylation sites is 1. The number of aromatic amines is 1. The largest absolute Gasteiger partial charge is 0.508 e. The number of anilines is 1. The molecule has 0 fully saturated rings. The molecule has 4 aromatic rings. The fourth-order valence-electron chi connectivity index (χ4n) is 6.94. The first-order chi connectivity index (χ1) is 26.0. The van der Waals surface area contributed by atoms with Crippen molar-refractivity contribution in [3.8, 4) is 11.5 Å². The number of benzene rings is 3. The third kappa shape index (κ3) is 8.87. The lowest BCUT2D eigenvalue weighted by atomic mass is 9.78. The highest BCUT2D eigenvalue weighted by atomic mass is 19.4. The molecule has 0 saturated heterocycles. The number of rotatable bonds is 13. The number of carbonyl (C=O) groups is 4. The van der Waals surface area contributed by atoms with Crippen molar-refractivity contribution in [2.75, 3.05) is 5.32 Å². The van der Waals surface area contributed by atoms with E-state index in [1.54, 1.807) is 33.8 Å². The van der Waals surface area contributed by atoms with Crippen LogP contribution in [0.4, 0.5) is 23.2 Å². The van der Waals surface area contributed by atoms with Crippen LogP contribution in [-0.2, 0) is 44.6 Å². The highest BCUT2D eigenvalue weighted by Gasteiger charge is 2.47. The Bertz CT molecular complexity index is 2080. The Balaban J connectivity index is 1.52. The lowest BCUT2D eigenvalue weighted by Crippen LogP contribution is -2.67. The molecular formula is C40H45F4N5O6. The Hall–Kier alpha value is -5.60. The van der Waals surface area contributed by atoms with E-state index in [1.807, 2.05) is 0 Å². The summed E-state index contributed by atoms with van der Waals surface area (Å²) in [5.74, 6) is -5.09. The molecule has 5 atom stereocenters. The van der Waals surface area contributed by atoms with Gasteiger partial charge in [-0.3, -0.25) is 19.2 Å². The monoisotopic (exact) mass is 767 g/mol. The Morgan fingerprint density at radius 2 is 1.56 bits per heavy atom. The van der Waals surface area contributed by atoms with Gasteiger partial charge in [-0.25, -0.2) is 4.39 Å². The quantitative estimate of drug-likeness (QED) is 0.0498. The number of hydrogen-bond acceptors (Lipinski definition) is 6. The molecule has 1 aromatic heterocycles.